The first-order chi connectivity index (χ1) is 18.5. The largest absolute Gasteiger partial charge is 0.462 e. The SMILES string of the molecule is C[C@@H]1C[C@H]2CC[C@H](O2)[C@H](C)C(=O)O[C@H](C)C[C@H]2CC[C@H](O2)[C@H](C)C(=O)O[C@H](C)C[C@H]2CC[C@H](O2)[C@H](C)C(=O)O1. The molecule has 9 nitrogen and oxygen atoms in total. The molecule has 4 rings (SSSR count). The van der Waals surface area contributed by atoms with Gasteiger partial charge >= 0.3 is 17.9 Å². The van der Waals surface area contributed by atoms with Crippen LogP contribution in [0.1, 0.15) is 99.3 Å². The number of rotatable bonds is 0. The maximum Gasteiger partial charge on any atom is 0.311 e. The quantitative estimate of drug-likeness (QED) is 0.317. The summed E-state index contributed by atoms with van der Waals surface area (Å²) in [5, 5.41) is 0. The lowest BCUT2D eigenvalue weighted by molar-refractivity contribution is -0.162. The maximum atomic E-state index is 12.9. The summed E-state index contributed by atoms with van der Waals surface area (Å²) >= 11 is 0. The monoisotopic (exact) mass is 552 g/mol. The van der Waals surface area contributed by atoms with Crippen molar-refractivity contribution in [3.8, 4) is 0 Å². The Balaban J connectivity index is 1.41. The minimum absolute atomic E-state index is 0.0616. The van der Waals surface area contributed by atoms with Gasteiger partial charge in [0.2, 0.25) is 0 Å². The van der Waals surface area contributed by atoms with Crippen LogP contribution in [0, 0.1) is 17.8 Å². The zero-order chi connectivity index (χ0) is 28.3. The van der Waals surface area contributed by atoms with E-state index in [0.29, 0.717) is 19.3 Å². The molecule has 4 aliphatic heterocycles. The molecule has 4 aliphatic rings. The summed E-state index contributed by atoms with van der Waals surface area (Å²) in [6, 6.07) is 0. The third-order valence-electron chi connectivity index (χ3n) is 8.95. The minimum atomic E-state index is -0.387. The number of cyclic esters (lactones) is 3. The van der Waals surface area contributed by atoms with Gasteiger partial charge in [0.1, 0.15) is 18.3 Å². The molecular weight excluding hydrogens is 504 g/mol. The molecule has 222 valence electrons. The van der Waals surface area contributed by atoms with E-state index in [2.05, 4.69) is 0 Å². The summed E-state index contributed by atoms with van der Waals surface area (Å²) in [6.45, 7) is 11.2. The van der Waals surface area contributed by atoms with E-state index >= 15 is 0 Å². The van der Waals surface area contributed by atoms with Crippen molar-refractivity contribution in [2.24, 2.45) is 17.8 Å². The van der Waals surface area contributed by atoms with Crippen LogP contribution in [-0.4, -0.2) is 72.8 Å². The normalized spacial score (nSPS) is 45.2. The van der Waals surface area contributed by atoms with Gasteiger partial charge in [0, 0.05) is 19.3 Å². The molecule has 0 aromatic rings. The Bertz CT molecular complexity index is 752. The van der Waals surface area contributed by atoms with Crippen molar-refractivity contribution >= 4 is 17.9 Å². The van der Waals surface area contributed by atoms with E-state index in [4.69, 9.17) is 28.4 Å². The van der Waals surface area contributed by atoms with E-state index in [1.807, 2.05) is 41.5 Å². The molecule has 0 radical (unpaired) electrons. The molecule has 0 amide bonds. The van der Waals surface area contributed by atoms with Gasteiger partial charge in [-0.2, -0.15) is 0 Å². The van der Waals surface area contributed by atoms with Crippen LogP contribution in [0.4, 0.5) is 0 Å². The van der Waals surface area contributed by atoms with Crippen molar-refractivity contribution in [3.63, 3.8) is 0 Å². The van der Waals surface area contributed by atoms with E-state index < -0.39 is 0 Å². The third kappa shape index (κ3) is 7.94. The highest BCUT2D eigenvalue weighted by molar-refractivity contribution is 5.74. The van der Waals surface area contributed by atoms with E-state index in [1.165, 1.54) is 0 Å². The van der Waals surface area contributed by atoms with Crippen LogP contribution >= 0.6 is 0 Å². The molecule has 4 saturated heterocycles. The van der Waals surface area contributed by atoms with Crippen LogP contribution in [0.2, 0.25) is 0 Å². The zero-order valence-corrected chi connectivity index (χ0v) is 24.5. The second kappa shape index (κ2) is 13.3. The molecule has 0 N–H and O–H groups in total. The average Bonchev–Trinajstić information content (AvgIpc) is 3.63. The Labute approximate surface area is 232 Å². The molecule has 0 aliphatic carbocycles. The maximum absolute atomic E-state index is 12.9. The van der Waals surface area contributed by atoms with E-state index in [1.54, 1.807) is 0 Å². The molecule has 0 aromatic carbocycles. The van der Waals surface area contributed by atoms with Gasteiger partial charge < -0.3 is 28.4 Å². The Morgan fingerprint density at radius 3 is 0.949 bits per heavy atom. The number of ether oxygens (including phenoxy) is 6. The fourth-order valence-corrected chi connectivity index (χ4v) is 6.45. The third-order valence-corrected chi connectivity index (χ3v) is 8.95. The molecule has 6 bridgehead atoms. The van der Waals surface area contributed by atoms with Gasteiger partial charge in [-0.3, -0.25) is 14.4 Å². The summed E-state index contributed by atoms with van der Waals surface area (Å²) < 4.78 is 35.9. The number of fused-ring (bicyclic) bond motifs is 6. The highest BCUT2D eigenvalue weighted by Crippen LogP contribution is 2.33. The van der Waals surface area contributed by atoms with Gasteiger partial charge in [-0.15, -0.1) is 0 Å². The lowest BCUT2D eigenvalue weighted by Gasteiger charge is -2.26. The first kappa shape index (κ1) is 30.3. The smallest absolute Gasteiger partial charge is 0.311 e. The van der Waals surface area contributed by atoms with E-state index in [0.717, 1.165) is 38.5 Å². The number of carbonyl (C=O) groups excluding carboxylic acids is 3. The van der Waals surface area contributed by atoms with Gasteiger partial charge in [-0.05, 0) is 80.1 Å². The van der Waals surface area contributed by atoms with Crippen molar-refractivity contribution in [2.45, 2.75) is 154 Å². The molecule has 4 fully saturated rings. The Hall–Kier alpha value is -1.71. The van der Waals surface area contributed by atoms with E-state index in [9.17, 15) is 14.4 Å². The fraction of sp³-hybridized carbons (Fsp3) is 0.900. The Morgan fingerprint density at radius 2 is 0.692 bits per heavy atom. The highest BCUT2D eigenvalue weighted by atomic mass is 16.6. The lowest BCUT2D eigenvalue weighted by atomic mass is 10.0. The molecule has 12 atom stereocenters. The Kier molecular flexibility index (Phi) is 10.3. The Morgan fingerprint density at radius 1 is 0.436 bits per heavy atom. The molecule has 0 aromatic heterocycles. The zero-order valence-electron chi connectivity index (χ0n) is 24.5. The summed E-state index contributed by atoms with van der Waals surface area (Å²) in [7, 11) is 0. The lowest BCUT2D eigenvalue weighted by Crippen LogP contribution is -2.34. The van der Waals surface area contributed by atoms with Crippen molar-refractivity contribution < 1.29 is 42.8 Å². The second-order valence-corrected chi connectivity index (χ2v) is 12.4. The molecule has 4 heterocycles. The van der Waals surface area contributed by atoms with Crippen LogP contribution in [0.5, 0.6) is 0 Å². The summed E-state index contributed by atoms with van der Waals surface area (Å²) in [4.78, 5) is 38.6. The van der Waals surface area contributed by atoms with Crippen molar-refractivity contribution in [1.82, 2.24) is 0 Å². The van der Waals surface area contributed by atoms with Crippen LogP contribution in [0.25, 0.3) is 0 Å². The highest BCUT2D eigenvalue weighted by Gasteiger charge is 2.39. The molecule has 0 spiro atoms. The first-order valence-electron chi connectivity index (χ1n) is 15.1. The van der Waals surface area contributed by atoms with Gasteiger partial charge in [-0.1, -0.05) is 0 Å². The summed E-state index contributed by atoms with van der Waals surface area (Å²) in [5.74, 6) is -1.98. The van der Waals surface area contributed by atoms with Gasteiger partial charge in [0.15, 0.2) is 0 Å². The molecule has 39 heavy (non-hydrogen) atoms. The molecule has 0 saturated carbocycles. The molecule has 9 heteroatoms. The standard InChI is InChI=1S/C30H48O9/c1-16-13-22-7-10-26(37-22)20(5)29(32)35-18(3)15-24-9-12-27(39-24)21(6)30(33)36-17(2)14-23-8-11-25(38-23)19(4)28(31)34-16/h16-27H,7-15H2,1-6H3/t16-,17-,18-,19+,20+,21+,22-,23-,24-,25+,26+,27+/m1/s1. The second-order valence-electron chi connectivity index (χ2n) is 12.4. The van der Waals surface area contributed by atoms with Crippen molar-refractivity contribution in [1.29, 1.82) is 0 Å². The van der Waals surface area contributed by atoms with Crippen LogP contribution in [0.3, 0.4) is 0 Å². The van der Waals surface area contributed by atoms with Crippen LogP contribution < -0.4 is 0 Å². The molecular formula is C30H48O9. The predicted octanol–water partition coefficient (Wildman–Crippen LogP) is 4.52. The topological polar surface area (TPSA) is 107 Å². The average molecular weight is 553 g/mol. The first-order valence-corrected chi connectivity index (χ1v) is 15.1. The number of hydrogen-bond acceptors (Lipinski definition) is 9. The number of hydrogen-bond donors (Lipinski definition) is 0. The summed E-state index contributed by atoms with van der Waals surface area (Å²) in [6.07, 6.45) is 4.78. The minimum Gasteiger partial charge on any atom is -0.462 e. The van der Waals surface area contributed by atoms with Crippen molar-refractivity contribution in [2.75, 3.05) is 0 Å². The predicted molar refractivity (Wildman–Crippen MR) is 142 cm³/mol. The van der Waals surface area contributed by atoms with Gasteiger partial charge in [0.25, 0.3) is 0 Å². The van der Waals surface area contributed by atoms with Crippen molar-refractivity contribution in [3.05, 3.63) is 0 Å². The van der Waals surface area contributed by atoms with Gasteiger partial charge in [0.05, 0.1) is 54.4 Å². The summed E-state index contributed by atoms with van der Waals surface area (Å²) in [5.41, 5.74) is 0. The fourth-order valence-electron chi connectivity index (χ4n) is 6.45. The molecule has 0 unspecified atom stereocenters. The number of carbonyl (C=O) groups is 3. The van der Waals surface area contributed by atoms with Crippen LogP contribution in [0.15, 0.2) is 0 Å². The van der Waals surface area contributed by atoms with Gasteiger partial charge in [-0.25, -0.2) is 0 Å². The van der Waals surface area contributed by atoms with Crippen LogP contribution in [-0.2, 0) is 42.8 Å². The number of esters is 3. The van der Waals surface area contributed by atoms with E-state index in [-0.39, 0.29) is 90.6 Å².